The Kier molecular flexibility index (Phi) is 5.18. The summed E-state index contributed by atoms with van der Waals surface area (Å²) < 4.78 is 64.7. The van der Waals surface area contributed by atoms with Gasteiger partial charge in [0.2, 0.25) is 5.88 Å². The molecule has 0 atom stereocenters. The van der Waals surface area contributed by atoms with Crippen LogP contribution in [0.25, 0.3) is 10.9 Å². The summed E-state index contributed by atoms with van der Waals surface area (Å²) in [7, 11) is 0.672. The molecule has 0 radical (unpaired) electrons. The molecular formula is C26H24F2N4O4. The molecule has 5 rings (SSSR count). The molecule has 10 heteroatoms. The SMILES string of the molecule is [2H]C([2H])([2H])Oc1ccc(N2C(=O)N(c3ccc4nn(C)c(OC)c4c3)Cc3ccc(OCC(F)F)cc32)cc1. The van der Waals surface area contributed by atoms with Crippen molar-refractivity contribution >= 4 is 34.0 Å². The van der Waals surface area contributed by atoms with Crippen LogP contribution in [0.3, 0.4) is 0 Å². The quantitative estimate of drug-likeness (QED) is 0.337. The number of carbonyl (C=O) groups is 1. The fraction of sp³-hybridized carbons (Fsp3) is 0.231. The predicted octanol–water partition coefficient (Wildman–Crippen LogP) is 5.51. The molecule has 0 spiro atoms. The fourth-order valence-corrected chi connectivity index (χ4v) is 4.28. The third-order valence-corrected chi connectivity index (χ3v) is 5.90. The summed E-state index contributed by atoms with van der Waals surface area (Å²) in [6, 6.07) is 15.8. The van der Waals surface area contributed by atoms with Gasteiger partial charge in [0.05, 0.1) is 47.1 Å². The normalized spacial score (nSPS) is 14.9. The number of benzene rings is 3. The van der Waals surface area contributed by atoms with Crippen LogP contribution in [0.5, 0.6) is 17.4 Å². The largest absolute Gasteiger partial charge is 0.497 e. The Hall–Kier alpha value is -4.34. The van der Waals surface area contributed by atoms with Crippen LogP contribution in [-0.4, -0.2) is 43.0 Å². The van der Waals surface area contributed by atoms with Crippen LogP contribution in [0, 0.1) is 0 Å². The molecule has 0 saturated carbocycles. The van der Waals surface area contributed by atoms with E-state index in [9.17, 15) is 13.6 Å². The van der Waals surface area contributed by atoms with Gasteiger partial charge in [0.15, 0.2) is 0 Å². The Bertz CT molecular complexity index is 1530. The molecule has 0 aliphatic carbocycles. The van der Waals surface area contributed by atoms with E-state index in [1.165, 1.54) is 23.1 Å². The number of urea groups is 1. The van der Waals surface area contributed by atoms with E-state index < -0.39 is 26.1 Å². The van der Waals surface area contributed by atoms with Crippen molar-refractivity contribution < 1.29 is 31.9 Å². The number of methoxy groups -OCH3 is 2. The second-order valence-electron chi connectivity index (χ2n) is 8.13. The van der Waals surface area contributed by atoms with Gasteiger partial charge in [0, 0.05) is 18.8 Å². The highest BCUT2D eigenvalue weighted by Gasteiger charge is 2.33. The Labute approximate surface area is 210 Å². The number of alkyl halides is 2. The van der Waals surface area contributed by atoms with Crippen LogP contribution in [0.2, 0.25) is 0 Å². The van der Waals surface area contributed by atoms with E-state index in [0.717, 1.165) is 10.9 Å². The van der Waals surface area contributed by atoms with Crippen LogP contribution in [-0.2, 0) is 13.6 Å². The number of ether oxygens (including phenoxy) is 3. The van der Waals surface area contributed by atoms with Gasteiger partial charge in [-0.2, -0.15) is 5.10 Å². The number of halogens is 2. The maximum absolute atomic E-state index is 14.0. The summed E-state index contributed by atoms with van der Waals surface area (Å²) in [5, 5.41) is 5.15. The van der Waals surface area contributed by atoms with Crippen molar-refractivity contribution in [3.05, 3.63) is 66.2 Å². The first-order valence-electron chi connectivity index (χ1n) is 12.5. The van der Waals surface area contributed by atoms with Crippen LogP contribution in [0.4, 0.5) is 30.6 Å². The van der Waals surface area contributed by atoms with Gasteiger partial charge in [-0.3, -0.25) is 9.80 Å². The number of fused-ring (bicyclic) bond motifs is 2. The molecule has 3 aromatic carbocycles. The van der Waals surface area contributed by atoms with E-state index >= 15 is 0 Å². The third-order valence-electron chi connectivity index (χ3n) is 5.90. The maximum Gasteiger partial charge on any atom is 0.333 e. The molecule has 2 amide bonds. The summed E-state index contributed by atoms with van der Waals surface area (Å²) >= 11 is 0. The summed E-state index contributed by atoms with van der Waals surface area (Å²) in [5.74, 6) is 0.826. The van der Waals surface area contributed by atoms with Crippen LogP contribution < -0.4 is 24.0 Å². The Morgan fingerprint density at radius 2 is 1.78 bits per heavy atom. The van der Waals surface area contributed by atoms with Crippen LogP contribution in [0.1, 0.15) is 9.68 Å². The van der Waals surface area contributed by atoms with E-state index in [2.05, 4.69) is 5.10 Å². The number of amides is 2. The van der Waals surface area contributed by atoms with Crippen LogP contribution in [0.15, 0.2) is 60.7 Å². The van der Waals surface area contributed by atoms with Gasteiger partial charge in [-0.15, -0.1) is 0 Å². The predicted molar refractivity (Wildman–Crippen MR) is 132 cm³/mol. The maximum atomic E-state index is 14.0. The molecule has 0 unspecified atom stereocenters. The monoisotopic (exact) mass is 497 g/mol. The smallest absolute Gasteiger partial charge is 0.333 e. The molecule has 0 N–H and O–H groups in total. The van der Waals surface area contributed by atoms with Gasteiger partial charge < -0.3 is 14.2 Å². The number of aryl methyl sites for hydroxylation is 1. The Balaban J connectivity index is 1.57. The van der Waals surface area contributed by atoms with E-state index in [-0.39, 0.29) is 18.0 Å². The number of aromatic nitrogens is 2. The summed E-state index contributed by atoms with van der Waals surface area (Å²) in [6.45, 7) is -0.582. The molecule has 8 nitrogen and oxygen atoms in total. The van der Waals surface area contributed by atoms with Crippen molar-refractivity contribution in [3.8, 4) is 17.4 Å². The summed E-state index contributed by atoms with van der Waals surface area (Å²) in [4.78, 5) is 17.0. The molecule has 0 saturated heterocycles. The van der Waals surface area contributed by atoms with E-state index in [4.69, 9.17) is 18.3 Å². The lowest BCUT2D eigenvalue weighted by atomic mass is 10.1. The number of rotatable bonds is 7. The third kappa shape index (κ3) is 4.15. The fourth-order valence-electron chi connectivity index (χ4n) is 4.28. The Morgan fingerprint density at radius 1 is 1.03 bits per heavy atom. The molecule has 186 valence electrons. The van der Waals surface area contributed by atoms with Crippen molar-refractivity contribution in [3.63, 3.8) is 0 Å². The minimum atomic E-state index is -2.65. The summed E-state index contributed by atoms with van der Waals surface area (Å²) in [5.41, 5.74) is 2.89. The minimum absolute atomic E-state index is 0.100. The van der Waals surface area contributed by atoms with E-state index in [1.807, 2.05) is 6.07 Å². The van der Waals surface area contributed by atoms with Crippen molar-refractivity contribution in [2.24, 2.45) is 7.05 Å². The van der Waals surface area contributed by atoms with Gasteiger partial charge in [-0.1, -0.05) is 6.07 Å². The number of hydrogen-bond acceptors (Lipinski definition) is 5. The summed E-state index contributed by atoms with van der Waals surface area (Å²) in [6.07, 6.45) is -2.65. The second kappa shape index (κ2) is 9.37. The molecule has 0 fully saturated rings. The highest BCUT2D eigenvalue weighted by atomic mass is 19.3. The average Bonchev–Trinajstić information content (AvgIpc) is 3.20. The van der Waals surface area contributed by atoms with Gasteiger partial charge >= 0.3 is 6.03 Å². The molecule has 4 aromatic rings. The molecule has 0 bridgehead atoms. The zero-order valence-electron chi connectivity index (χ0n) is 22.4. The number of carbonyl (C=O) groups excluding carboxylic acids is 1. The van der Waals surface area contributed by atoms with Crippen molar-refractivity contribution in [2.75, 3.05) is 30.6 Å². The Morgan fingerprint density at radius 3 is 2.50 bits per heavy atom. The first kappa shape index (κ1) is 19.9. The van der Waals surface area contributed by atoms with Gasteiger partial charge in [0.1, 0.15) is 18.1 Å². The average molecular weight is 498 g/mol. The lowest BCUT2D eigenvalue weighted by Gasteiger charge is -2.37. The molecule has 1 aromatic heterocycles. The number of nitrogens with zero attached hydrogens (tertiary/aromatic N) is 4. The van der Waals surface area contributed by atoms with Crippen molar-refractivity contribution in [1.29, 1.82) is 0 Å². The first-order chi connectivity index (χ1) is 18.5. The zero-order valence-corrected chi connectivity index (χ0v) is 19.4. The zero-order chi connectivity index (χ0) is 27.9. The minimum Gasteiger partial charge on any atom is -0.497 e. The molecule has 1 aliphatic rings. The number of hydrogen-bond donors (Lipinski definition) is 0. The standard InChI is InChI=1S/C26H24F2N4O4/c1-30-25(35-3)21-12-18(7-11-22(21)29-30)31-14-16-4-8-20(36-15-24(27)28)13-23(16)32(26(31)33)17-5-9-19(34-2)10-6-17/h4-13,24H,14-15H2,1-3H3/i2D3. The molecular weight excluding hydrogens is 470 g/mol. The first-order valence-corrected chi connectivity index (χ1v) is 11.0. The molecule has 1 aliphatic heterocycles. The molecule has 2 heterocycles. The topological polar surface area (TPSA) is 69.1 Å². The molecule has 36 heavy (non-hydrogen) atoms. The van der Waals surface area contributed by atoms with Crippen molar-refractivity contribution in [2.45, 2.75) is 13.0 Å². The highest BCUT2D eigenvalue weighted by Crippen LogP contribution is 2.40. The van der Waals surface area contributed by atoms with E-state index in [1.54, 1.807) is 60.1 Å². The van der Waals surface area contributed by atoms with Crippen molar-refractivity contribution in [1.82, 2.24) is 9.78 Å². The van der Waals surface area contributed by atoms with Gasteiger partial charge in [-0.05, 0) is 54.1 Å². The number of anilines is 3. The van der Waals surface area contributed by atoms with Gasteiger partial charge in [-0.25, -0.2) is 18.3 Å². The second-order valence-corrected chi connectivity index (χ2v) is 8.13. The lowest BCUT2D eigenvalue weighted by molar-refractivity contribution is 0.0819. The van der Waals surface area contributed by atoms with Gasteiger partial charge in [0.25, 0.3) is 6.43 Å². The van der Waals surface area contributed by atoms with E-state index in [0.29, 0.717) is 28.5 Å². The lowest BCUT2D eigenvalue weighted by Crippen LogP contribution is -2.45. The highest BCUT2D eigenvalue weighted by molar-refractivity contribution is 6.11. The van der Waals surface area contributed by atoms with Crippen LogP contribution >= 0.6 is 0 Å².